The molecular formula is C18H23Cl2NO4. The van der Waals surface area contributed by atoms with E-state index in [2.05, 4.69) is 6.58 Å². The number of methoxy groups -OCH3 is 1. The van der Waals surface area contributed by atoms with Crippen LogP contribution in [0.3, 0.4) is 0 Å². The van der Waals surface area contributed by atoms with Crippen molar-refractivity contribution in [3.63, 3.8) is 0 Å². The van der Waals surface area contributed by atoms with Gasteiger partial charge in [-0.15, -0.1) is 6.58 Å². The summed E-state index contributed by atoms with van der Waals surface area (Å²) in [5.74, 6) is -0.275. The van der Waals surface area contributed by atoms with E-state index in [1.165, 1.54) is 7.11 Å². The van der Waals surface area contributed by atoms with Crippen molar-refractivity contribution in [2.45, 2.75) is 19.8 Å². The minimum atomic E-state index is -0.391. The molecule has 1 amide bonds. The number of halogens is 2. The third-order valence-electron chi connectivity index (χ3n) is 3.49. The third kappa shape index (κ3) is 7.36. The van der Waals surface area contributed by atoms with Gasteiger partial charge in [-0.2, -0.15) is 0 Å². The fourth-order valence-electron chi connectivity index (χ4n) is 2.20. The zero-order valence-electron chi connectivity index (χ0n) is 14.5. The Kier molecular flexibility index (Phi) is 9.39. The Morgan fingerprint density at radius 1 is 1.36 bits per heavy atom. The van der Waals surface area contributed by atoms with E-state index in [-0.39, 0.29) is 11.9 Å². The Hall–Kier alpha value is -1.72. The highest BCUT2D eigenvalue weighted by molar-refractivity contribution is 6.35. The number of carbonyl (C=O) groups excluding carboxylic acids is 2. The van der Waals surface area contributed by atoms with Crippen molar-refractivity contribution < 1.29 is 19.1 Å². The quantitative estimate of drug-likeness (QED) is 0.346. The van der Waals surface area contributed by atoms with E-state index >= 15 is 0 Å². The number of benzene rings is 1. The van der Waals surface area contributed by atoms with Crippen molar-refractivity contribution in [2.75, 3.05) is 26.8 Å². The molecule has 0 fully saturated rings. The molecule has 138 valence electrons. The number of ether oxygens (including phenoxy) is 2. The van der Waals surface area contributed by atoms with Gasteiger partial charge >= 0.3 is 5.97 Å². The number of hydrogen-bond donors (Lipinski definition) is 0. The average Bonchev–Trinajstić information content (AvgIpc) is 2.58. The van der Waals surface area contributed by atoms with Crippen LogP contribution in [-0.4, -0.2) is 43.6 Å². The van der Waals surface area contributed by atoms with Crippen molar-refractivity contribution >= 4 is 35.1 Å². The first-order valence-electron chi connectivity index (χ1n) is 7.93. The lowest BCUT2D eigenvalue weighted by molar-refractivity contribution is -0.146. The van der Waals surface area contributed by atoms with Gasteiger partial charge in [-0.1, -0.05) is 36.2 Å². The summed E-state index contributed by atoms with van der Waals surface area (Å²) in [5.41, 5.74) is 0. The van der Waals surface area contributed by atoms with Gasteiger partial charge in [0.15, 0.2) is 0 Å². The average molecular weight is 388 g/mol. The van der Waals surface area contributed by atoms with Crippen LogP contribution in [0.4, 0.5) is 0 Å². The summed E-state index contributed by atoms with van der Waals surface area (Å²) in [7, 11) is 1.33. The molecule has 0 radical (unpaired) electrons. The van der Waals surface area contributed by atoms with Gasteiger partial charge in [0, 0.05) is 24.5 Å². The number of rotatable bonds is 10. The second-order valence-electron chi connectivity index (χ2n) is 5.54. The highest BCUT2D eigenvalue weighted by Crippen LogP contribution is 2.27. The molecule has 0 N–H and O–H groups in total. The second-order valence-corrected chi connectivity index (χ2v) is 6.38. The summed E-state index contributed by atoms with van der Waals surface area (Å²) >= 11 is 11.9. The van der Waals surface area contributed by atoms with Crippen LogP contribution in [0.25, 0.3) is 0 Å². The standard InChI is InChI=1S/C18H23Cl2NO4/c1-4-9-21(12-13(2)18(23)24-3)17(22)6-5-10-25-16-8-7-14(19)11-15(16)20/h4,7-8,11,13H,1,5-6,9-10,12H2,2-3H3. The van der Waals surface area contributed by atoms with Gasteiger partial charge in [0.25, 0.3) is 0 Å². The topological polar surface area (TPSA) is 55.8 Å². The molecule has 0 aliphatic heterocycles. The van der Waals surface area contributed by atoms with Gasteiger partial charge in [-0.25, -0.2) is 0 Å². The maximum atomic E-state index is 12.3. The summed E-state index contributed by atoms with van der Waals surface area (Å²) in [5, 5.41) is 0.964. The van der Waals surface area contributed by atoms with Gasteiger partial charge in [0.1, 0.15) is 5.75 Å². The number of esters is 1. The van der Waals surface area contributed by atoms with Crippen LogP contribution in [0, 0.1) is 5.92 Å². The molecule has 1 unspecified atom stereocenters. The van der Waals surface area contributed by atoms with Crippen LogP contribution in [-0.2, 0) is 14.3 Å². The van der Waals surface area contributed by atoms with E-state index < -0.39 is 5.92 Å². The summed E-state index contributed by atoms with van der Waals surface area (Å²) in [4.78, 5) is 25.4. The molecule has 0 aliphatic rings. The third-order valence-corrected chi connectivity index (χ3v) is 4.02. The number of nitrogens with zero attached hydrogens (tertiary/aromatic N) is 1. The molecule has 1 rings (SSSR count). The molecule has 0 aliphatic carbocycles. The highest BCUT2D eigenvalue weighted by atomic mass is 35.5. The Morgan fingerprint density at radius 3 is 2.68 bits per heavy atom. The van der Waals surface area contributed by atoms with Crippen molar-refractivity contribution in [3.05, 3.63) is 40.9 Å². The zero-order valence-corrected chi connectivity index (χ0v) is 16.0. The van der Waals surface area contributed by atoms with E-state index in [4.69, 9.17) is 32.7 Å². The van der Waals surface area contributed by atoms with E-state index in [1.807, 2.05) is 0 Å². The number of hydrogen-bond acceptors (Lipinski definition) is 4. The van der Waals surface area contributed by atoms with Gasteiger partial charge in [-0.3, -0.25) is 9.59 Å². The van der Waals surface area contributed by atoms with Crippen molar-refractivity contribution in [3.8, 4) is 5.75 Å². The lowest BCUT2D eigenvalue weighted by Crippen LogP contribution is -2.37. The van der Waals surface area contributed by atoms with E-state index in [1.54, 1.807) is 36.1 Å². The van der Waals surface area contributed by atoms with Crippen LogP contribution in [0.15, 0.2) is 30.9 Å². The molecule has 0 heterocycles. The smallest absolute Gasteiger partial charge is 0.310 e. The summed E-state index contributed by atoms with van der Waals surface area (Å²) in [6.07, 6.45) is 2.46. The molecule has 0 bridgehead atoms. The van der Waals surface area contributed by atoms with Crippen molar-refractivity contribution in [1.82, 2.24) is 4.90 Å². The molecule has 25 heavy (non-hydrogen) atoms. The predicted octanol–water partition coefficient (Wildman–Crippen LogP) is 3.98. The fraction of sp³-hybridized carbons (Fsp3) is 0.444. The molecule has 1 atom stereocenters. The van der Waals surface area contributed by atoms with Gasteiger partial charge in [0.05, 0.1) is 24.7 Å². The maximum Gasteiger partial charge on any atom is 0.310 e. The molecule has 1 aromatic carbocycles. The van der Waals surface area contributed by atoms with E-state index in [0.717, 1.165) is 0 Å². The Bertz CT molecular complexity index is 607. The largest absolute Gasteiger partial charge is 0.492 e. The first kappa shape index (κ1) is 21.3. The molecular weight excluding hydrogens is 365 g/mol. The molecule has 5 nitrogen and oxygen atoms in total. The Balaban J connectivity index is 2.46. The minimum Gasteiger partial charge on any atom is -0.492 e. The first-order chi connectivity index (χ1) is 11.9. The van der Waals surface area contributed by atoms with Crippen LogP contribution >= 0.6 is 23.2 Å². The van der Waals surface area contributed by atoms with Crippen LogP contribution in [0.2, 0.25) is 10.0 Å². The SMILES string of the molecule is C=CCN(CC(C)C(=O)OC)C(=O)CCCOc1ccc(Cl)cc1Cl. The highest BCUT2D eigenvalue weighted by Gasteiger charge is 2.20. The monoisotopic (exact) mass is 387 g/mol. The minimum absolute atomic E-state index is 0.0681. The molecule has 0 spiro atoms. The maximum absolute atomic E-state index is 12.3. The Labute approximate surface area is 158 Å². The van der Waals surface area contributed by atoms with E-state index in [9.17, 15) is 9.59 Å². The van der Waals surface area contributed by atoms with Crippen LogP contribution in [0.1, 0.15) is 19.8 Å². The number of carbonyl (C=O) groups is 2. The zero-order chi connectivity index (χ0) is 18.8. The summed E-state index contributed by atoms with van der Waals surface area (Å²) < 4.78 is 10.3. The molecule has 7 heteroatoms. The fourth-order valence-corrected chi connectivity index (χ4v) is 2.66. The Morgan fingerprint density at radius 2 is 2.08 bits per heavy atom. The lowest BCUT2D eigenvalue weighted by Gasteiger charge is -2.23. The van der Waals surface area contributed by atoms with Crippen LogP contribution in [0.5, 0.6) is 5.75 Å². The van der Waals surface area contributed by atoms with Gasteiger partial charge < -0.3 is 14.4 Å². The van der Waals surface area contributed by atoms with Crippen molar-refractivity contribution in [2.24, 2.45) is 5.92 Å². The number of amides is 1. The first-order valence-corrected chi connectivity index (χ1v) is 8.69. The van der Waals surface area contributed by atoms with E-state index in [0.29, 0.717) is 48.3 Å². The summed E-state index contributed by atoms with van der Waals surface area (Å²) in [6, 6.07) is 4.98. The van der Waals surface area contributed by atoms with Crippen LogP contribution < -0.4 is 4.74 Å². The van der Waals surface area contributed by atoms with Gasteiger partial charge in [0.2, 0.25) is 5.91 Å². The molecule has 0 saturated heterocycles. The van der Waals surface area contributed by atoms with Crippen molar-refractivity contribution in [1.29, 1.82) is 0 Å². The van der Waals surface area contributed by atoms with Gasteiger partial charge in [-0.05, 0) is 24.6 Å². The summed E-state index contributed by atoms with van der Waals surface area (Å²) in [6.45, 7) is 6.39. The lowest BCUT2D eigenvalue weighted by atomic mass is 10.1. The normalized spacial score (nSPS) is 11.5. The molecule has 1 aromatic rings. The second kappa shape index (κ2) is 11.0. The molecule has 0 aromatic heterocycles. The predicted molar refractivity (Wildman–Crippen MR) is 99.1 cm³/mol. The molecule has 0 saturated carbocycles.